The van der Waals surface area contributed by atoms with Crippen molar-refractivity contribution in [3.63, 3.8) is 0 Å². The van der Waals surface area contributed by atoms with Gasteiger partial charge in [0.15, 0.2) is 0 Å². The highest BCUT2D eigenvalue weighted by molar-refractivity contribution is 7.89. The summed E-state index contributed by atoms with van der Waals surface area (Å²) >= 11 is 0. The van der Waals surface area contributed by atoms with Crippen molar-refractivity contribution in [2.24, 2.45) is 0 Å². The number of hydrogen-bond donors (Lipinski definition) is 2. The molecule has 0 fully saturated rings. The average molecular weight is 256 g/mol. The van der Waals surface area contributed by atoms with Crippen molar-refractivity contribution in [2.75, 3.05) is 32.1 Å². The molecule has 0 atom stereocenters. The topological polar surface area (TPSA) is 69.6 Å². The van der Waals surface area contributed by atoms with Crippen LogP contribution in [0.25, 0.3) is 0 Å². The minimum absolute atomic E-state index is 0.109. The molecule has 5 nitrogen and oxygen atoms in total. The highest BCUT2D eigenvalue weighted by Gasteiger charge is 2.22. The Balaban J connectivity index is 2.34. The standard InChI is InChI=1S/C11H16N2O3S/c1-13(6-7-14)17(15,16)10-2-3-11-9(8-10)4-5-12-11/h2-3,8,12,14H,4-7H2,1H3. The molecule has 0 saturated heterocycles. The molecule has 1 aromatic rings. The molecule has 0 unspecified atom stereocenters. The van der Waals surface area contributed by atoms with E-state index in [0.29, 0.717) is 0 Å². The summed E-state index contributed by atoms with van der Waals surface area (Å²) in [4.78, 5) is 0.288. The van der Waals surface area contributed by atoms with Crippen LogP contribution in [0.5, 0.6) is 0 Å². The first-order valence-electron chi connectivity index (χ1n) is 5.49. The second-order valence-electron chi connectivity index (χ2n) is 4.05. The van der Waals surface area contributed by atoms with Gasteiger partial charge in [0.2, 0.25) is 10.0 Å². The predicted molar refractivity (Wildman–Crippen MR) is 65.5 cm³/mol. The number of nitrogens with one attached hydrogen (secondary N) is 1. The van der Waals surface area contributed by atoms with Crippen LogP contribution in [0, 0.1) is 0 Å². The number of hydrogen-bond acceptors (Lipinski definition) is 4. The number of aliphatic hydroxyl groups excluding tert-OH is 1. The number of aliphatic hydroxyl groups is 1. The monoisotopic (exact) mass is 256 g/mol. The Bertz CT molecular complexity index is 513. The maximum Gasteiger partial charge on any atom is 0.242 e. The van der Waals surface area contributed by atoms with Crippen molar-refractivity contribution in [1.82, 2.24) is 4.31 Å². The van der Waals surface area contributed by atoms with Crippen LogP contribution in [0.1, 0.15) is 5.56 Å². The van der Waals surface area contributed by atoms with Gasteiger partial charge in [-0.1, -0.05) is 0 Å². The van der Waals surface area contributed by atoms with Gasteiger partial charge in [0.05, 0.1) is 11.5 Å². The highest BCUT2D eigenvalue weighted by atomic mass is 32.2. The van der Waals surface area contributed by atoms with Crippen LogP contribution in [0.3, 0.4) is 0 Å². The van der Waals surface area contributed by atoms with Gasteiger partial charge in [-0.15, -0.1) is 0 Å². The van der Waals surface area contributed by atoms with E-state index in [4.69, 9.17) is 5.11 Å². The van der Waals surface area contributed by atoms with Crippen molar-refractivity contribution >= 4 is 15.7 Å². The Labute approximate surface area is 101 Å². The predicted octanol–water partition coefficient (Wildman–Crippen LogP) is 0.267. The summed E-state index contributed by atoms with van der Waals surface area (Å²) in [5.41, 5.74) is 2.04. The minimum atomic E-state index is -3.48. The number of anilines is 1. The molecule has 1 aliphatic heterocycles. The fourth-order valence-corrected chi connectivity index (χ4v) is 3.10. The third-order valence-electron chi connectivity index (χ3n) is 2.91. The Hall–Kier alpha value is -1.11. The molecule has 1 aliphatic rings. The molecule has 0 spiro atoms. The van der Waals surface area contributed by atoms with Gasteiger partial charge in [0, 0.05) is 25.8 Å². The van der Waals surface area contributed by atoms with E-state index >= 15 is 0 Å². The van der Waals surface area contributed by atoms with Gasteiger partial charge in [-0.2, -0.15) is 4.31 Å². The summed E-state index contributed by atoms with van der Waals surface area (Å²) in [5.74, 6) is 0. The van der Waals surface area contributed by atoms with Crippen LogP contribution in [0.15, 0.2) is 23.1 Å². The number of likely N-dealkylation sites (N-methyl/N-ethyl adjacent to an activating group) is 1. The third kappa shape index (κ3) is 2.29. The van der Waals surface area contributed by atoms with Crippen LogP contribution in [0.4, 0.5) is 5.69 Å². The molecule has 1 aromatic carbocycles. The van der Waals surface area contributed by atoms with Crippen LogP contribution in [0.2, 0.25) is 0 Å². The lowest BCUT2D eigenvalue weighted by molar-refractivity contribution is 0.266. The van der Waals surface area contributed by atoms with Crippen LogP contribution in [-0.2, 0) is 16.4 Å². The fourth-order valence-electron chi connectivity index (χ4n) is 1.88. The lowest BCUT2D eigenvalue weighted by Crippen LogP contribution is -2.29. The summed E-state index contributed by atoms with van der Waals surface area (Å²) < 4.78 is 25.4. The Morgan fingerprint density at radius 3 is 2.94 bits per heavy atom. The van der Waals surface area contributed by atoms with Gasteiger partial charge >= 0.3 is 0 Å². The largest absolute Gasteiger partial charge is 0.395 e. The second-order valence-corrected chi connectivity index (χ2v) is 6.09. The summed E-state index contributed by atoms with van der Waals surface area (Å²) in [7, 11) is -2.01. The molecule has 0 aliphatic carbocycles. The lowest BCUT2D eigenvalue weighted by atomic mass is 10.2. The second kappa shape index (κ2) is 4.64. The maximum absolute atomic E-state index is 12.1. The van der Waals surface area contributed by atoms with Crippen molar-refractivity contribution in [3.05, 3.63) is 23.8 Å². The normalized spacial score (nSPS) is 14.8. The molecule has 0 bridgehead atoms. The smallest absolute Gasteiger partial charge is 0.242 e. The molecule has 0 saturated carbocycles. The average Bonchev–Trinajstić information content (AvgIpc) is 2.76. The summed E-state index contributed by atoms with van der Waals surface area (Å²) in [6, 6.07) is 5.10. The van der Waals surface area contributed by atoms with Gasteiger partial charge in [-0.3, -0.25) is 0 Å². The maximum atomic E-state index is 12.1. The Morgan fingerprint density at radius 2 is 2.24 bits per heavy atom. The van der Waals surface area contributed by atoms with E-state index in [-0.39, 0.29) is 18.0 Å². The van der Waals surface area contributed by atoms with Crippen molar-refractivity contribution in [3.8, 4) is 0 Å². The first-order chi connectivity index (χ1) is 8.05. The van der Waals surface area contributed by atoms with E-state index in [0.717, 1.165) is 28.5 Å². The van der Waals surface area contributed by atoms with E-state index in [1.165, 1.54) is 7.05 Å². The fraction of sp³-hybridized carbons (Fsp3) is 0.455. The van der Waals surface area contributed by atoms with E-state index in [1.807, 2.05) is 0 Å². The number of fused-ring (bicyclic) bond motifs is 1. The van der Waals surface area contributed by atoms with Crippen molar-refractivity contribution < 1.29 is 13.5 Å². The van der Waals surface area contributed by atoms with Crippen LogP contribution < -0.4 is 5.32 Å². The van der Waals surface area contributed by atoms with Gasteiger partial charge < -0.3 is 10.4 Å². The molecule has 1 heterocycles. The molecule has 0 aromatic heterocycles. The van der Waals surface area contributed by atoms with Crippen molar-refractivity contribution in [1.29, 1.82) is 0 Å². The third-order valence-corrected chi connectivity index (χ3v) is 4.76. The molecule has 17 heavy (non-hydrogen) atoms. The van der Waals surface area contributed by atoms with E-state index in [1.54, 1.807) is 18.2 Å². The Kier molecular flexibility index (Phi) is 3.37. The number of sulfonamides is 1. The lowest BCUT2D eigenvalue weighted by Gasteiger charge is -2.16. The van der Waals surface area contributed by atoms with Crippen LogP contribution >= 0.6 is 0 Å². The van der Waals surface area contributed by atoms with Crippen molar-refractivity contribution in [2.45, 2.75) is 11.3 Å². The number of nitrogens with zero attached hydrogens (tertiary/aromatic N) is 1. The SMILES string of the molecule is CN(CCO)S(=O)(=O)c1ccc2c(c1)CCN2. The molecule has 6 heteroatoms. The zero-order chi connectivity index (χ0) is 12.5. The quantitative estimate of drug-likeness (QED) is 0.811. The van der Waals surface area contributed by atoms with Gasteiger partial charge in [-0.05, 0) is 30.2 Å². The van der Waals surface area contributed by atoms with Crippen LogP contribution in [-0.4, -0.2) is 44.6 Å². The van der Waals surface area contributed by atoms with Gasteiger partial charge in [-0.25, -0.2) is 8.42 Å². The van der Waals surface area contributed by atoms with E-state index in [9.17, 15) is 8.42 Å². The van der Waals surface area contributed by atoms with Gasteiger partial charge in [0.25, 0.3) is 0 Å². The highest BCUT2D eigenvalue weighted by Crippen LogP contribution is 2.26. The summed E-state index contributed by atoms with van der Waals surface area (Å²) in [6.45, 7) is 0.783. The zero-order valence-corrected chi connectivity index (χ0v) is 10.5. The molecule has 94 valence electrons. The molecule has 0 radical (unpaired) electrons. The number of rotatable bonds is 4. The van der Waals surface area contributed by atoms with E-state index in [2.05, 4.69) is 5.32 Å². The summed E-state index contributed by atoms with van der Waals surface area (Å²) in [6.07, 6.45) is 0.850. The minimum Gasteiger partial charge on any atom is -0.395 e. The molecule has 2 rings (SSSR count). The van der Waals surface area contributed by atoms with Gasteiger partial charge in [0.1, 0.15) is 0 Å². The molecular weight excluding hydrogens is 240 g/mol. The molecular formula is C11H16N2O3S. The first kappa shape index (κ1) is 12.3. The summed E-state index contributed by atoms with van der Waals surface area (Å²) in [5, 5.41) is 12.0. The molecule has 0 amide bonds. The molecule has 2 N–H and O–H groups in total. The first-order valence-corrected chi connectivity index (χ1v) is 6.93. The zero-order valence-electron chi connectivity index (χ0n) is 9.68. The van der Waals surface area contributed by atoms with E-state index < -0.39 is 10.0 Å². The number of benzene rings is 1. The Morgan fingerprint density at radius 1 is 1.47 bits per heavy atom.